The third-order valence-electron chi connectivity index (χ3n) is 3.92. The van der Waals surface area contributed by atoms with Crippen LogP contribution in [0.15, 0.2) is 24.3 Å². The summed E-state index contributed by atoms with van der Waals surface area (Å²) in [5.74, 6) is -1.02. The number of ether oxygens (including phenoxy) is 1. The topological polar surface area (TPSA) is 79.2 Å². The van der Waals surface area contributed by atoms with Gasteiger partial charge in [-0.2, -0.15) is 5.26 Å². The molecule has 1 N–H and O–H groups in total. The second kappa shape index (κ2) is 10.4. The van der Waals surface area contributed by atoms with Crippen molar-refractivity contribution in [1.29, 1.82) is 5.26 Å². The molecule has 1 rings (SSSR count). The number of nitriles is 1. The highest BCUT2D eigenvalue weighted by atomic mass is 16.5. The van der Waals surface area contributed by atoms with E-state index in [-0.39, 0.29) is 18.1 Å². The number of rotatable bonds is 10. The van der Waals surface area contributed by atoms with Crippen molar-refractivity contribution in [3.63, 3.8) is 0 Å². The first-order valence-electron chi connectivity index (χ1n) is 8.34. The van der Waals surface area contributed by atoms with Crippen LogP contribution in [-0.2, 0) is 16.0 Å². The van der Waals surface area contributed by atoms with Gasteiger partial charge in [-0.25, -0.2) is 0 Å². The standard InChI is InChI=1S/C19H26N2O3/c1-4-5-14(2)12-18(22)17(13-20)19(23)21-11-10-15-6-8-16(24-3)9-7-15/h6-9,14,17H,4-5,10-12H2,1-3H3,(H,21,23)/t14-,17-/m1/s1. The van der Waals surface area contributed by atoms with Gasteiger partial charge in [-0.3, -0.25) is 9.59 Å². The van der Waals surface area contributed by atoms with Gasteiger partial charge in [0.2, 0.25) is 5.91 Å². The monoisotopic (exact) mass is 330 g/mol. The molecule has 0 spiro atoms. The Morgan fingerprint density at radius 3 is 2.50 bits per heavy atom. The second-order valence-electron chi connectivity index (χ2n) is 6.02. The lowest BCUT2D eigenvalue weighted by Gasteiger charge is -2.13. The SMILES string of the molecule is CCC[C@@H](C)CC(=O)[C@@H](C#N)C(=O)NCCc1ccc(OC)cc1. The summed E-state index contributed by atoms with van der Waals surface area (Å²) in [6, 6.07) is 9.39. The highest BCUT2D eigenvalue weighted by Crippen LogP contribution is 2.14. The van der Waals surface area contributed by atoms with Crippen LogP contribution in [0, 0.1) is 23.2 Å². The smallest absolute Gasteiger partial charge is 0.245 e. The van der Waals surface area contributed by atoms with E-state index in [1.165, 1.54) is 0 Å². The van der Waals surface area contributed by atoms with Crippen molar-refractivity contribution in [3.05, 3.63) is 29.8 Å². The average Bonchev–Trinajstić information content (AvgIpc) is 2.56. The largest absolute Gasteiger partial charge is 0.497 e. The molecule has 1 aromatic carbocycles. The minimum atomic E-state index is -1.21. The number of carbonyl (C=O) groups excluding carboxylic acids is 2. The fourth-order valence-electron chi connectivity index (χ4n) is 2.56. The fraction of sp³-hybridized carbons (Fsp3) is 0.526. The van der Waals surface area contributed by atoms with E-state index >= 15 is 0 Å². The summed E-state index contributed by atoms with van der Waals surface area (Å²) in [4.78, 5) is 24.2. The van der Waals surface area contributed by atoms with E-state index in [4.69, 9.17) is 10.00 Å². The Labute approximate surface area is 144 Å². The maximum absolute atomic E-state index is 12.1. The van der Waals surface area contributed by atoms with E-state index < -0.39 is 11.8 Å². The molecule has 0 fully saturated rings. The minimum absolute atomic E-state index is 0.199. The number of carbonyl (C=O) groups is 2. The highest BCUT2D eigenvalue weighted by Gasteiger charge is 2.26. The highest BCUT2D eigenvalue weighted by molar-refractivity contribution is 6.03. The molecule has 0 saturated carbocycles. The molecule has 0 bridgehead atoms. The van der Waals surface area contributed by atoms with Gasteiger partial charge in [-0.15, -0.1) is 0 Å². The molecule has 0 aromatic heterocycles. The summed E-state index contributed by atoms with van der Waals surface area (Å²) in [7, 11) is 1.61. The van der Waals surface area contributed by atoms with Gasteiger partial charge < -0.3 is 10.1 Å². The van der Waals surface area contributed by atoms with Crippen LogP contribution < -0.4 is 10.1 Å². The Kier molecular flexibility index (Phi) is 8.56. The van der Waals surface area contributed by atoms with Crippen molar-refractivity contribution < 1.29 is 14.3 Å². The number of nitrogens with one attached hydrogen (secondary N) is 1. The molecule has 0 heterocycles. The van der Waals surface area contributed by atoms with Gasteiger partial charge in [-0.05, 0) is 30.0 Å². The van der Waals surface area contributed by atoms with Crippen molar-refractivity contribution in [2.24, 2.45) is 11.8 Å². The van der Waals surface area contributed by atoms with Crippen LogP contribution in [0.4, 0.5) is 0 Å². The first-order chi connectivity index (χ1) is 11.5. The van der Waals surface area contributed by atoms with E-state index in [9.17, 15) is 9.59 Å². The van der Waals surface area contributed by atoms with Crippen LogP contribution in [-0.4, -0.2) is 25.3 Å². The van der Waals surface area contributed by atoms with Crippen LogP contribution in [0.1, 0.15) is 38.7 Å². The molecule has 5 nitrogen and oxygen atoms in total. The molecule has 0 aliphatic rings. The van der Waals surface area contributed by atoms with Gasteiger partial charge in [-0.1, -0.05) is 38.8 Å². The number of nitrogens with zero attached hydrogens (tertiary/aromatic N) is 1. The van der Waals surface area contributed by atoms with Crippen molar-refractivity contribution in [2.75, 3.05) is 13.7 Å². The summed E-state index contributed by atoms with van der Waals surface area (Å²) < 4.78 is 5.09. The van der Waals surface area contributed by atoms with Gasteiger partial charge in [0.15, 0.2) is 11.7 Å². The molecule has 1 amide bonds. The number of benzene rings is 1. The van der Waals surface area contributed by atoms with Crippen LogP contribution in [0.2, 0.25) is 0 Å². The zero-order valence-corrected chi connectivity index (χ0v) is 14.7. The zero-order chi connectivity index (χ0) is 17.9. The molecular formula is C19H26N2O3. The van der Waals surface area contributed by atoms with E-state index in [1.54, 1.807) is 7.11 Å². The van der Waals surface area contributed by atoms with Crippen molar-refractivity contribution in [2.45, 2.75) is 39.5 Å². The number of hydrogen-bond acceptors (Lipinski definition) is 4. The predicted octanol–water partition coefficient (Wildman–Crippen LogP) is 2.89. The van der Waals surface area contributed by atoms with E-state index in [0.717, 1.165) is 24.2 Å². The lowest BCUT2D eigenvalue weighted by molar-refractivity contribution is -0.132. The number of methoxy groups -OCH3 is 1. The maximum atomic E-state index is 12.1. The van der Waals surface area contributed by atoms with Crippen LogP contribution in [0.3, 0.4) is 0 Å². The summed E-state index contributed by atoms with van der Waals surface area (Å²) in [6.07, 6.45) is 2.81. The number of ketones is 1. The third-order valence-corrected chi connectivity index (χ3v) is 3.92. The van der Waals surface area contributed by atoms with Gasteiger partial charge >= 0.3 is 0 Å². The molecule has 1 aromatic rings. The molecule has 130 valence electrons. The normalized spacial score (nSPS) is 12.8. The summed E-state index contributed by atoms with van der Waals surface area (Å²) in [6.45, 7) is 4.41. The minimum Gasteiger partial charge on any atom is -0.497 e. The van der Waals surface area contributed by atoms with Gasteiger partial charge in [0.1, 0.15) is 5.75 Å². The van der Waals surface area contributed by atoms with Crippen molar-refractivity contribution >= 4 is 11.7 Å². The summed E-state index contributed by atoms with van der Waals surface area (Å²) in [5, 5.41) is 11.8. The van der Waals surface area contributed by atoms with E-state index in [1.807, 2.05) is 37.3 Å². The quantitative estimate of drug-likeness (QED) is 0.669. The molecule has 0 aliphatic carbocycles. The Morgan fingerprint density at radius 2 is 1.96 bits per heavy atom. The Bertz CT molecular complexity index is 575. The van der Waals surface area contributed by atoms with Gasteiger partial charge in [0.25, 0.3) is 0 Å². The fourth-order valence-corrected chi connectivity index (χ4v) is 2.56. The summed E-state index contributed by atoms with van der Waals surface area (Å²) >= 11 is 0. The zero-order valence-electron chi connectivity index (χ0n) is 14.7. The molecule has 24 heavy (non-hydrogen) atoms. The van der Waals surface area contributed by atoms with Crippen molar-refractivity contribution in [3.8, 4) is 11.8 Å². The molecule has 0 radical (unpaired) electrons. The van der Waals surface area contributed by atoms with Crippen LogP contribution in [0.5, 0.6) is 5.75 Å². The number of amides is 1. The Balaban J connectivity index is 2.46. The molecule has 0 unspecified atom stereocenters. The molecule has 0 saturated heterocycles. The molecular weight excluding hydrogens is 304 g/mol. The summed E-state index contributed by atoms with van der Waals surface area (Å²) in [5.41, 5.74) is 1.05. The van der Waals surface area contributed by atoms with Gasteiger partial charge in [0, 0.05) is 13.0 Å². The molecule has 5 heteroatoms. The predicted molar refractivity (Wildman–Crippen MR) is 92.5 cm³/mol. The van der Waals surface area contributed by atoms with E-state index in [2.05, 4.69) is 12.2 Å². The Morgan fingerprint density at radius 1 is 1.29 bits per heavy atom. The van der Waals surface area contributed by atoms with Crippen LogP contribution >= 0.6 is 0 Å². The molecule has 0 aliphatic heterocycles. The second-order valence-corrected chi connectivity index (χ2v) is 6.02. The van der Waals surface area contributed by atoms with Gasteiger partial charge in [0.05, 0.1) is 13.2 Å². The van der Waals surface area contributed by atoms with E-state index in [0.29, 0.717) is 13.0 Å². The number of Topliss-reactive ketones (excluding diaryl/α,β-unsaturated/α-hetero) is 1. The lowest BCUT2D eigenvalue weighted by atomic mass is 9.93. The van der Waals surface area contributed by atoms with Crippen LogP contribution in [0.25, 0.3) is 0 Å². The first-order valence-corrected chi connectivity index (χ1v) is 8.34. The third kappa shape index (κ3) is 6.41. The Hall–Kier alpha value is -2.35. The first kappa shape index (κ1) is 19.7. The lowest BCUT2D eigenvalue weighted by Crippen LogP contribution is -2.36. The van der Waals surface area contributed by atoms with Crippen molar-refractivity contribution in [1.82, 2.24) is 5.32 Å². The molecule has 2 atom stereocenters. The maximum Gasteiger partial charge on any atom is 0.245 e. The average molecular weight is 330 g/mol. The number of hydrogen-bond donors (Lipinski definition) is 1.